The van der Waals surface area contributed by atoms with Gasteiger partial charge in [0.05, 0.1) is 28.5 Å². The van der Waals surface area contributed by atoms with E-state index in [-0.39, 0.29) is 6.10 Å². The zero-order valence-corrected chi connectivity index (χ0v) is 16.4. The van der Waals surface area contributed by atoms with E-state index in [1.165, 1.54) is 6.07 Å². The number of fused-ring (bicyclic) bond motifs is 1. The Labute approximate surface area is 176 Å². The lowest BCUT2D eigenvalue weighted by atomic mass is 9.98. The molecule has 0 spiro atoms. The summed E-state index contributed by atoms with van der Waals surface area (Å²) < 4.78 is 46.3. The van der Waals surface area contributed by atoms with E-state index >= 15 is 0 Å². The topological polar surface area (TPSA) is 62.8 Å². The molecule has 1 atom stereocenters. The van der Waals surface area contributed by atoms with Gasteiger partial charge in [-0.15, -0.1) is 0 Å². The Bertz CT molecular complexity index is 1230. The molecule has 8 heteroatoms. The molecule has 1 fully saturated rings. The Hall–Kier alpha value is -3.39. The zero-order valence-electron chi connectivity index (χ0n) is 16.4. The minimum Gasteiger partial charge on any atom is -0.487 e. The molecule has 4 heterocycles. The molecule has 5 nitrogen and oxygen atoms in total. The molecular weight excluding hydrogens is 405 g/mol. The molecule has 3 aromatic heterocycles. The van der Waals surface area contributed by atoms with Gasteiger partial charge in [0.1, 0.15) is 11.9 Å². The van der Waals surface area contributed by atoms with Crippen LogP contribution in [0, 0.1) is 0 Å². The molecule has 5 rings (SSSR count). The van der Waals surface area contributed by atoms with E-state index in [2.05, 4.69) is 20.3 Å². The third kappa shape index (κ3) is 3.74. The van der Waals surface area contributed by atoms with Crippen molar-refractivity contribution in [3.8, 4) is 28.1 Å². The lowest BCUT2D eigenvalue weighted by Crippen LogP contribution is -2.20. The standard InChI is InChI=1S/C23H19F3N4O/c24-23(25,26)15-4-1-3-14(11-15)20-21(30-18-5-2-8-29-22(18)20)17-7-10-28-13-19(17)31-16-6-9-27-12-16/h1-5,7-8,10-11,13,16,27,30H,6,9,12H2. The third-order valence-corrected chi connectivity index (χ3v) is 5.40. The summed E-state index contributed by atoms with van der Waals surface area (Å²) >= 11 is 0. The van der Waals surface area contributed by atoms with Crippen molar-refractivity contribution in [1.82, 2.24) is 20.3 Å². The van der Waals surface area contributed by atoms with Crippen molar-refractivity contribution >= 4 is 11.0 Å². The van der Waals surface area contributed by atoms with Crippen LogP contribution < -0.4 is 10.1 Å². The van der Waals surface area contributed by atoms with Crippen LogP contribution in [0.2, 0.25) is 0 Å². The smallest absolute Gasteiger partial charge is 0.416 e. The maximum absolute atomic E-state index is 13.4. The minimum atomic E-state index is -4.43. The summed E-state index contributed by atoms with van der Waals surface area (Å²) in [6, 6.07) is 10.7. The summed E-state index contributed by atoms with van der Waals surface area (Å²) in [7, 11) is 0. The number of nitrogens with one attached hydrogen (secondary N) is 2. The van der Waals surface area contributed by atoms with Gasteiger partial charge in [-0.2, -0.15) is 13.2 Å². The van der Waals surface area contributed by atoms with E-state index in [1.807, 2.05) is 6.07 Å². The molecule has 0 radical (unpaired) electrons. The number of alkyl halides is 3. The van der Waals surface area contributed by atoms with Crippen LogP contribution in [-0.2, 0) is 6.18 Å². The number of benzene rings is 1. The minimum absolute atomic E-state index is 0.0162. The van der Waals surface area contributed by atoms with Gasteiger partial charge in [0.15, 0.2) is 0 Å². The molecule has 2 N–H and O–H groups in total. The normalized spacial score (nSPS) is 16.7. The van der Waals surface area contributed by atoms with Gasteiger partial charge in [-0.3, -0.25) is 9.97 Å². The van der Waals surface area contributed by atoms with E-state index < -0.39 is 11.7 Å². The summed E-state index contributed by atoms with van der Waals surface area (Å²) in [5.41, 5.74) is 3.04. The van der Waals surface area contributed by atoms with Gasteiger partial charge in [-0.1, -0.05) is 12.1 Å². The van der Waals surface area contributed by atoms with E-state index in [0.717, 1.165) is 42.7 Å². The number of halogens is 3. The van der Waals surface area contributed by atoms with Crippen LogP contribution >= 0.6 is 0 Å². The van der Waals surface area contributed by atoms with Crippen molar-refractivity contribution in [2.24, 2.45) is 0 Å². The van der Waals surface area contributed by atoms with Crippen molar-refractivity contribution in [2.45, 2.75) is 18.7 Å². The number of aromatic nitrogens is 3. The van der Waals surface area contributed by atoms with Gasteiger partial charge < -0.3 is 15.0 Å². The number of hydrogen-bond acceptors (Lipinski definition) is 4. The number of hydrogen-bond donors (Lipinski definition) is 2. The highest BCUT2D eigenvalue weighted by molar-refractivity contribution is 6.02. The summed E-state index contributed by atoms with van der Waals surface area (Å²) in [6.07, 6.45) is 1.37. The van der Waals surface area contributed by atoms with Gasteiger partial charge in [0, 0.05) is 30.1 Å². The molecule has 1 aromatic carbocycles. The van der Waals surface area contributed by atoms with Gasteiger partial charge in [-0.25, -0.2) is 0 Å². The number of ether oxygens (including phenoxy) is 1. The lowest BCUT2D eigenvalue weighted by Gasteiger charge is -2.16. The summed E-state index contributed by atoms with van der Waals surface area (Å²) in [4.78, 5) is 12.0. The second kappa shape index (κ2) is 7.70. The van der Waals surface area contributed by atoms with E-state index in [0.29, 0.717) is 28.1 Å². The second-order valence-electron chi connectivity index (χ2n) is 7.46. The molecule has 0 amide bonds. The quantitative estimate of drug-likeness (QED) is 0.481. The van der Waals surface area contributed by atoms with Crippen LogP contribution in [0.25, 0.3) is 33.4 Å². The Morgan fingerprint density at radius 2 is 1.97 bits per heavy atom. The van der Waals surface area contributed by atoms with Gasteiger partial charge in [-0.05, 0) is 48.9 Å². The molecule has 1 aliphatic heterocycles. The molecule has 31 heavy (non-hydrogen) atoms. The molecule has 1 aliphatic rings. The highest BCUT2D eigenvalue weighted by atomic mass is 19.4. The van der Waals surface area contributed by atoms with Crippen LogP contribution in [0.4, 0.5) is 13.2 Å². The Morgan fingerprint density at radius 3 is 2.77 bits per heavy atom. The average Bonchev–Trinajstić information content (AvgIpc) is 3.41. The lowest BCUT2D eigenvalue weighted by molar-refractivity contribution is -0.137. The van der Waals surface area contributed by atoms with Crippen molar-refractivity contribution in [1.29, 1.82) is 0 Å². The molecular formula is C23H19F3N4O. The Morgan fingerprint density at radius 1 is 1.06 bits per heavy atom. The second-order valence-corrected chi connectivity index (χ2v) is 7.46. The monoisotopic (exact) mass is 424 g/mol. The van der Waals surface area contributed by atoms with Crippen molar-refractivity contribution < 1.29 is 17.9 Å². The molecule has 0 bridgehead atoms. The molecule has 1 unspecified atom stereocenters. The number of nitrogens with zero attached hydrogens (tertiary/aromatic N) is 2. The van der Waals surface area contributed by atoms with Crippen molar-refractivity contribution in [3.05, 3.63) is 66.6 Å². The highest BCUT2D eigenvalue weighted by Gasteiger charge is 2.31. The van der Waals surface area contributed by atoms with Gasteiger partial charge in [0.25, 0.3) is 0 Å². The van der Waals surface area contributed by atoms with E-state index in [1.54, 1.807) is 36.8 Å². The van der Waals surface area contributed by atoms with Crippen LogP contribution in [0.1, 0.15) is 12.0 Å². The fourth-order valence-electron chi connectivity index (χ4n) is 3.94. The summed E-state index contributed by atoms with van der Waals surface area (Å²) in [5, 5.41) is 3.26. The maximum atomic E-state index is 13.4. The highest BCUT2D eigenvalue weighted by Crippen LogP contribution is 2.42. The first-order chi connectivity index (χ1) is 15.0. The maximum Gasteiger partial charge on any atom is 0.416 e. The Kier molecular flexibility index (Phi) is 4.86. The first kappa shape index (κ1) is 19.6. The first-order valence-corrected chi connectivity index (χ1v) is 9.97. The zero-order chi connectivity index (χ0) is 21.4. The van der Waals surface area contributed by atoms with Crippen molar-refractivity contribution in [2.75, 3.05) is 13.1 Å². The van der Waals surface area contributed by atoms with Crippen LogP contribution in [0.5, 0.6) is 5.75 Å². The number of pyridine rings is 2. The first-order valence-electron chi connectivity index (χ1n) is 9.97. The molecule has 158 valence electrons. The fourth-order valence-corrected chi connectivity index (χ4v) is 3.94. The summed E-state index contributed by atoms with van der Waals surface area (Å²) in [5.74, 6) is 0.580. The van der Waals surface area contributed by atoms with Crippen LogP contribution in [0.15, 0.2) is 61.1 Å². The van der Waals surface area contributed by atoms with E-state index in [9.17, 15) is 13.2 Å². The summed E-state index contributed by atoms with van der Waals surface area (Å²) in [6.45, 7) is 1.62. The average molecular weight is 424 g/mol. The predicted molar refractivity (Wildman–Crippen MR) is 112 cm³/mol. The molecule has 1 saturated heterocycles. The largest absolute Gasteiger partial charge is 0.487 e. The molecule has 0 saturated carbocycles. The Balaban J connectivity index is 1.70. The van der Waals surface area contributed by atoms with E-state index in [4.69, 9.17) is 4.74 Å². The molecule has 4 aromatic rings. The van der Waals surface area contributed by atoms with Crippen LogP contribution in [0.3, 0.4) is 0 Å². The number of rotatable bonds is 4. The van der Waals surface area contributed by atoms with Gasteiger partial charge >= 0.3 is 6.18 Å². The number of aromatic amines is 1. The SMILES string of the molecule is FC(F)(F)c1cccc(-c2c(-c3ccncc3OC3CCNC3)[nH]c3cccnc23)c1. The van der Waals surface area contributed by atoms with Crippen LogP contribution in [-0.4, -0.2) is 34.1 Å². The molecule has 0 aliphatic carbocycles. The third-order valence-electron chi connectivity index (χ3n) is 5.40. The fraction of sp³-hybridized carbons (Fsp3) is 0.217. The van der Waals surface area contributed by atoms with Crippen molar-refractivity contribution in [3.63, 3.8) is 0 Å². The number of H-pyrrole nitrogens is 1. The van der Waals surface area contributed by atoms with Gasteiger partial charge in [0.2, 0.25) is 0 Å². The predicted octanol–water partition coefficient (Wildman–Crippen LogP) is 5.05.